The Morgan fingerprint density at radius 1 is 1.33 bits per heavy atom. The molecule has 1 aromatic carbocycles. The van der Waals surface area contributed by atoms with Crippen molar-refractivity contribution in [1.29, 1.82) is 0 Å². The summed E-state index contributed by atoms with van der Waals surface area (Å²) in [6, 6.07) is 8.00. The standard InChI is InChI=1S/C22H29NO4/c1-7-22(21(25)26-6)19(27-16(5)15(4)20(22)24)13-10-17-8-11-18(12-9-17)23-14(2)3/h8-9,11-12,16,19,23H,2,4,7,10,13H2,1,3,5-6H3. The van der Waals surface area contributed by atoms with Gasteiger partial charge in [-0.25, -0.2) is 0 Å². The predicted molar refractivity (Wildman–Crippen MR) is 106 cm³/mol. The summed E-state index contributed by atoms with van der Waals surface area (Å²) in [5.74, 6) is -0.810. The highest BCUT2D eigenvalue weighted by molar-refractivity contribution is 6.13. The highest BCUT2D eigenvalue weighted by atomic mass is 16.5. The minimum Gasteiger partial charge on any atom is -0.468 e. The van der Waals surface area contributed by atoms with Gasteiger partial charge in [-0.1, -0.05) is 32.2 Å². The highest BCUT2D eigenvalue weighted by Gasteiger charge is 2.56. The monoisotopic (exact) mass is 371 g/mol. The van der Waals surface area contributed by atoms with Gasteiger partial charge in [0.05, 0.1) is 19.3 Å². The maximum absolute atomic E-state index is 13.0. The first kappa shape index (κ1) is 20.9. The number of Topliss-reactive ketones (excluding diaryl/α,β-unsaturated/α-hetero) is 1. The van der Waals surface area contributed by atoms with E-state index in [4.69, 9.17) is 9.47 Å². The van der Waals surface area contributed by atoms with Crippen molar-refractivity contribution in [3.63, 3.8) is 0 Å². The molecule has 146 valence electrons. The van der Waals surface area contributed by atoms with Gasteiger partial charge in [0.25, 0.3) is 0 Å². The van der Waals surface area contributed by atoms with Gasteiger partial charge in [0.15, 0.2) is 11.2 Å². The Hall–Kier alpha value is -2.40. The number of anilines is 1. The van der Waals surface area contributed by atoms with Crippen molar-refractivity contribution < 1.29 is 19.1 Å². The van der Waals surface area contributed by atoms with Gasteiger partial charge in [-0.15, -0.1) is 0 Å². The first-order valence-corrected chi connectivity index (χ1v) is 9.25. The van der Waals surface area contributed by atoms with Crippen LogP contribution in [0.2, 0.25) is 0 Å². The predicted octanol–water partition coefficient (Wildman–Crippen LogP) is 4.05. The van der Waals surface area contributed by atoms with E-state index in [1.165, 1.54) is 7.11 Å². The molecule has 1 heterocycles. The van der Waals surface area contributed by atoms with Gasteiger partial charge < -0.3 is 14.8 Å². The molecule has 3 unspecified atom stereocenters. The molecule has 0 radical (unpaired) electrons. The van der Waals surface area contributed by atoms with Crippen LogP contribution in [0.4, 0.5) is 5.69 Å². The van der Waals surface area contributed by atoms with Gasteiger partial charge >= 0.3 is 5.97 Å². The molecule has 0 bridgehead atoms. The normalized spacial score (nSPS) is 25.2. The zero-order valence-corrected chi connectivity index (χ0v) is 16.6. The average Bonchev–Trinajstić information content (AvgIpc) is 2.65. The van der Waals surface area contributed by atoms with E-state index < -0.39 is 23.6 Å². The van der Waals surface area contributed by atoms with Gasteiger partial charge in [-0.05, 0) is 50.8 Å². The maximum Gasteiger partial charge on any atom is 0.322 e. The van der Waals surface area contributed by atoms with Crippen molar-refractivity contribution >= 4 is 17.4 Å². The van der Waals surface area contributed by atoms with Gasteiger partial charge in [-0.2, -0.15) is 0 Å². The number of aryl methyl sites for hydroxylation is 1. The molecular weight excluding hydrogens is 342 g/mol. The number of hydrogen-bond donors (Lipinski definition) is 1. The summed E-state index contributed by atoms with van der Waals surface area (Å²) in [6.45, 7) is 13.2. The van der Waals surface area contributed by atoms with Gasteiger partial charge in [-0.3, -0.25) is 9.59 Å². The topological polar surface area (TPSA) is 64.6 Å². The number of hydrogen-bond acceptors (Lipinski definition) is 5. The zero-order chi connectivity index (χ0) is 20.2. The van der Waals surface area contributed by atoms with Crippen molar-refractivity contribution in [3.05, 3.63) is 54.3 Å². The van der Waals surface area contributed by atoms with Crippen molar-refractivity contribution in [2.75, 3.05) is 12.4 Å². The molecule has 1 aromatic rings. The minimum absolute atomic E-state index is 0.262. The SMILES string of the molecule is C=C(C)Nc1ccc(CCC2OC(C)C(=C)C(=O)C2(CC)C(=O)OC)cc1. The average molecular weight is 371 g/mol. The van der Waals surface area contributed by atoms with Crippen molar-refractivity contribution in [2.24, 2.45) is 5.41 Å². The number of allylic oxidation sites excluding steroid dienone is 1. The second kappa shape index (κ2) is 8.53. The molecule has 5 heteroatoms. The van der Waals surface area contributed by atoms with Gasteiger partial charge in [0.1, 0.15) is 0 Å². The third-order valence-electron chi connectivity index (χ3n) is 5.22. The van der Waals surface area contributed by atoms with Crippen LogP contribution in [-0.2, 0) is 25.5 Å². The summed E-state index contributed by atoms with van der Waals surface area (Å²) in [6.07, 6.45) is 0.587. The second-order valence-corrected chi connectivity index (χ2v) is 7.08. The first-order chi connectivity index (χ1) is 12.8. The van der Waals surface area contributed by atoms with E-state index in [9.17, 15) is 9.59 Å². The van der Waals surface area contributed by atoms with Crippen LogP contribution in [0.25, 0.3) is 0 Å². The lowest BCUT2D eigenvalue weighted by Crippen LogP contribution is -2.56. The number of carbonyl (C=O) groups is 2. The largest absolute Gasteiger partial charge is 0.468 e. The maximum atomic E-state index is 13.0. The van der Waals surface area contributed by atoms with E-state index in [1.807, 2.05) is 38.1 Å². The molecular formula is C22H29NO4. The molecule has 1 N–H and O–H groups in total. The van der Waals surface area contributed by atoms with Crippen LogP contribution >= 0.6 is 0 Å². The van der Waals surface area contributed by atoms with Crippen molar-refractivity contribution in [1.82, 2.24) is 0 Å². The Morgan fingerprint density at radius 2 is 1.96 bits per heavy atom. The number of nitrogens with one attached hydrogen (secondary N) is 1. The van der Waals surface area contributed by atoms with Crippen LogP contribution in [-0.4, -0.2) is 31.1 Å². The minimum atomic E-state index is -1.32. The van der Waals surface area contributed by atoms with Crippen LogP contribution in [0.3, 0.4) is 0 Å². The summed E-state index contributed by atoms with van der Waals surface area (Å²) >= 11 is 0. The second-order valence-electron chi connectivity index (χ2n) is 7.08. The van der Waals surface area contributed by atoms with Crippen molar-refractivity contribution in [2.45, 2.75) is 52.2 Å². The molecule has 1 saturated heterocycles. The van der Waals surface area contributed by atoms with E-state index in [2.05, 4.69) is 18.5 Å². The molecule has 2 rings (SSSR count). The number of esters is 1. The smallest absolute Gasteiger partial charge is 0.322 e. The third kappa shape index (κ3) is 4.14. The van der Waals surface area contributed by atoms with Crippen molar-refractivity contribution in [3.8, 4) is 0 Å². The van der Waals surface area contributed by atoms with E-state index in [1.54, 1.807) is 6.92 Å². The molecule has 1 fully saturated rings. The molecule has 1 aliphatic rings. The van der Waals surface area contributed by atoms with Crippen LogP contribution in [0.1, 0.15) is 39.2 Å². The molecule has 3 atom stereocenters. The molecule has 0 saturated carbocycles. The van der Waals surface area contributed by atoms with Gasteiger partial charge in [0, 0.05) is 17.0 Å². The summed E-state index contributed by atoms with van der Waals surface area (Å²) in [4.78, 5) is 25.5. The Labute approximate surface area is 161 Å². The molecule has 5 nitrogen and oxygen atoms in total. The fourth-order valence-corrected chi connectivity index (χ4v) is 3.61. The van der Waals surface area contributed by atoms with Gasteiger partial charge in [0.2, 0.25) is 0 Å². The zero-order valence-electron chi connectivity index (χ0n) is 16.6. The quantitative estimate of drug-likeness (QED) is 0.445. The number of benzene rings is 1. The van der Waals surface area contributed by atoms with Crippen LogP contribution < -0.4 is 5.32 Å². The molecule has 0 amide bonds. The number of ether oxygens (including phenoxy) is 2. The number of ketones is 1. The molecule has 0 aliphatic carbocycles. The Morgan fingerprint density at radius 3 is 2.48 bits per heavy atom. The van der Waals surface area contributed by atoms with E-state index in [0.29, 0.717) is 24.8 Å². The fourth-order valence-electron chi connectivity index (χ4n) is 3.61. The third-order valence-corrected chi connectivity index (χ3v) is 5.22. The molecule has 1 aliphatic heterocycles. The molecule has 0 aromatic heterocycles. The summed E-state index contributed by atoms with van der Waals surface area (Å²) in [5.41, 5.74) is 1.95. The van der Waals surface area contributed by atoms with E-state index >= 15 is 0 Å². The Balaban J connectivity index is 2.20. The molecule has 0 spiro atoms. The summed E-state index contributed by atoms with van der Waals surface area (Å²) in [7, 11) is 1.30. The number of rotatable bonds is 7. The first-order valence-electron chi connectivity index (χ1n) is 9.25. The van der Waals surface area contributed by atoms with E-state index in [0.717, 1.165) is 16.9 Å². The van der Waals surface area contributed by atoms with Crippen LogP contribution in [0, 0.1) is 5.41 Å². The lowest BCUT2D eigenvalue weighted by atomic mass is 9.69. The highest BCUT2D eigenvalue weighted by Crippen LogP contribution is 2.42. The Kier molecular flexibility index (Phi) is 6.60. The number of methoxy groups -OCH3 is 1. The van der Waals surface area contributed by atoms with E-state index in [-0.39, 0.29) is 5.78 Å². The lowest BCUT2D eigenvalue weighted by Gasteiger charge is -2.43. The molecule has 27 heavy (non-hydrogen) atoms. The van der Waals surface area contributed by atoms with Crippen LogP contribution in [0.5, 0.6) is 0 Å². The van der Waals surface area contributed by atoms with Crippen LogP contribution in [0.15, 0.2) is 48.7 Å². The fraction of sp³-hybridized carbons (Fsp3) is 0.455. The lowest BCUT2D eigenvalue weighted by molar-refractivity contribution is -0.178. The number of carbonyl (C=O) groups excluding carboxylic acids is 2. The summed E-state index contributed by atoms with van der Waals surface area (Å²) in [5, 5.41) is 3.16. The Bertz CT molecular complexity index is 737. The summed E-state index contributed by atoms with van der Waals surface area (Å²) < 4.78 is 11.0.